The van der Waals surface area contributed by atoms with Gasteiger partial charge in [0.05, 0.1) is 19.2 Å². The zero-order valence-electron chi connectivity index (χ0n) is 17.2. The Bertz CT molecular complexity index is 1280. The van der Waals surface area contributed by atoms with Crippen molar-refractivity contribution >= 4 is 50.6 Å². The second-order valence-electron chi connectivity index (χ2n) is 6.70. The Balaban J connectivity index is 1.45. The van der Waals surface area contributed by atoms with E-state index in [-0.39, 0.29) is 5.91 Å². The summed E-state index contributed by atoms with van der Waals surface area (Å²) in [7, 11) is 3.14. The Morgan fingerprint density at radius 1 is 0.844 bits per heavy atom. The highest BCUT2D eigenvalue weighted by molar-refractivity contribution is 7.21. The van der Waals surface area contributed by atoms with E-state index in [1.165, 1.54) is 11.3 Å². The van der Waals surface area contributed by atoms with Crippen molar-refractivity contribution in [1.29, 1.82) is 0 Å². The van der Waals surface area contributed by atoms with Gasteiger partial charge in [0, 0.05) is 21.3 Å². The second kappa shape index (κ2) is 9.30. The van der Waals surface area contributed by atoms with E-state index >= 15 is 0 Å². The summed E-state index contributed by atoms with van der Waals surface area (Å²) in [5, 5.41) is 3.85. The fourth-order valence-electron chi connectivity index (χ4n) is 3.01. The smallest absolute Gasteiger partial charge is 0.355 e. The number of methoxy groups -OCH3 is 2. The van der Waals surface area contributed by atoms with Gasteiger partial charge in [0.25, 0.3) is 5.91 Å². The van der Waals surface area contributed by atoms with Crippen LogP contribution in [0.2, 0.25) is 5.02 Å². The average Bonchev–Trinajstić information content (AvgIpc) is 3.15. The third-order valence-corrected chi connectivity index (χ3v) is 6.35. The van der Waals surface area contributed by atoms with E-state index in [9.17, 15) is 9.59 Å². The largest absolute Gasteiger partial charge is 0.497 e. The standard InChI is InChI=1S/C24H18ClNO5S/c1-29-16-9-5-15(6-10-16)26-23(27)14-3-7-17(8-4-14)31-24(28)22-21(25)19-13-18(30-2)11-12-20(19)32-22/h3-13H,1-2H3,(H,26,27). The molecular weight excluding hydrogens is 450 g/mol. The summed E-state index contributed by atoms with van der Waals surface area (Å²) < 4.78 is 16.6. The molecule has 0 atom stereocenters. The van der Waals surface area contributed by atoms with Gasteiger partial charge in [-0.05, 0) is 66.7 Å². The van der Waals surface area contributed by atoms with Gasteiger partial charge in [-0.25, -0.2) is 4.79 Å². The van der Waals surface area contributed by atoms with Gasteiger partial charge in [-0.1, -0.05) is 11.6 Å². The normalized spacial score (nSPS) is 10.6. The number of esters is 1. The summed E-state index contributed by atoms with van der Waals surface area (Å²) in [5.41, 5.74) is 1.06. The molecule has 1 heterocycles. The maximum absolute atomic E-state index is 12.7. The van der Waals surface area contributed by atoms with Crippen LogP contribution in [-0.2, 0) is 0 Å². The summed E-state index contributed by atoms with van der Waals surface area (Å²) in [6, 6.07) is 18.7. The van der Waals surface area contributed by atoms with Gasteiger partial charge in [0.2, 0.25) is 0 Å². The van der Waals surface area contributed by atoms with Crippen molar-refractivity contribution in [3.05, 3.63) is 82.2 Å². The van der Waals surface area contributed by atoms with Crippen LogP contribution in [0.1, 0.15) is 20.0 Å². The first-order valence-corrected chi connectivity index (χ1v) is 10.7. The number of benzene rings is 3. The summed E-state index contributed by atoms with van der Waals surface area (Å²) in [6.07, 6.45) is 0. The molecular formula is C24H18ClNO5S. The number of hydrogen-bond acceptors (Lipinski definition) is 6. The van der Waals surface area contributed by atoms with Crippen LogP contribution < -0.4 is 19.5 Å². The number of nitrogens with one attached hydrogen (secondary N) is 1. The van der Waals surface area contributed by atoms with E-state index in [1.54, 1.807) is 74.9 Å². The molecule has 4 rings (SSSR count). The third-order valence-electron chi connectivity index (χ3n) is 4.69. The molecule has 0 radical (unpaired) electrons. The number of halogens is 1. The van der Waals surface area contributed by atoms with Crippen LogP contribution in [0.5, 0.6) is 17.2 Å². The van der Waals surface area contributed by atoms with E-state index in [4.69, 9.17) is 25.8 Å². The van der Waals surface area contributed by atoms with Crippen LogP contribution in [0.3, 0.4) is 0 Å². The second-order valence-corrected chi connectivity index (χ2v) is 8.13. The van der Waals surface area contributed by atoms with E-state index in [1.807, 2.05) is 6.07 Å². The molecule has 1 amide bonds. The lowest BCUT2D eigenvalue weighted by Crippen LogP contribution is -2.12. The molecule has 0 saturated carbocycles. The molecule has 32 heavy (non-hydrogen) atoms. The first-order chi connectivity index (χ1) is 15.5. The molecule has 1 N–H and O–H groups in total. The van der Waals surface area contributed by atoms with E-state index in [0.29, 0.717) is 38.4 Å². The van der Waals surface area contributed by atoms with Crippen molar-refractivity contribution in [3.8, 4) is 17.2 Å². The van der Waals surface area contributed by atoms with Gasteiger partial charge in [-0.2, -0.15) is 0 Å². The highest BCUT2D eigenvalue weighted by Gasteiger charge is 2.20. The number of rotatable bonds is 6. The molecule has 0 spiro atoms. The maximum atomic E-state index is 12.7. The van der Waals surface area contributed by atoms with E-state index in [0.717, 1.165) is 10.1 Å². The van der Waals surface area contributed by atoms with Crippen molar-refractivity contribution in [1.82, 2.24) is 0 Å². The number of ether oxygens (including phenoxy) is 3. The topological polar surface area (TPSA) is 73.9 Å². The van der Waals surface area contributed by atoms with Gasteiger partial charge in [-0.3, -0.25) is 4.79 Å². The molecule has 0 unspecified atom stereocenters. The average molecular weight is 468 g/mol. The summed E-state index contributed by atoms with van der Waals surface area (Å²) >= 11 is 7.65. The number of thiophene rings is 1. The third kappa shape index (κ3) is 4.54. The van der Waals surface area contributed by atoms with Crippen LogP contribution in [0, 0.1) is 0 Å². The minimum absolute atomic E-state index is 0.283. The molecule has 0 saturated heterocycles. The molecule has 8 heteroatoms. The highest BCUT2D eigenvalue weighted by atomic mass is 35.5. The lowest BCUT2D eigenvalue weighted by Gasteiger charge is -2.07. The molecule has 0 aliphatic rings. The van der Waals surface area contributed by atoms with E-state index in [2.05, 4.69) is 5.32 Å². The minimum atomic E-state index is -0.564. The minimum Gasteiger partial charge on any atom is -0.497 e. The molecule has 3 aromatic carbocycles. The molecule has 4 aromatic rings. The molecule has 6 nitrogen and oxygen atoms in total. The fraction of sp³-hybridized carbons (Fsp3) is 0.0833. The van der Waals surface area contributed by atoms with Gasteiger partial charge in [-0.15, -0.1) is 11.3 Å². The van der Waals surface area contributed by atoms with Crippen molar-refractivity contribution in [2.75, 3.05) is 19.5 Å². The molecule has 1 aromatic heterocycles. The SMILES string of the molecule is COc1ccc(NC(=O)c2ccc(OC(=O)c3sc4ccc(OC)cc4c3Cl)cc2)cc1. The molecule has 0 bridgehead atoms. The molecule has 0 aliphatic carbocycles. The lowest BCUT2D eigenvalue weighted by molar-refractivity contribution is 0.0740. The number of amides is 1. The predicted molar refractivity (Wildman–Crippen MR) is 126 cm³/mol. The Morgan fingerprint density at radius 3 is 2.12 bits per heavy atom. The summed E-state index contributed by atoms with van der Waals surface area (Å²) in [6.45, 7) is 0. The Labute approximate surface area is 193 Å². The Morgan fingerprint density at radius 2 is 1.47 bits per heavy atom. The number of carbonyl (C=O) groups is 2. The quantitative estimate of drug-likeness (QED) is 0.276. The maximum Gasteiger partial charge on any atom is 0.355 e. The zero-order valence-corrected chi connectivity index (χ0v) is 18.8. The number of carbonyl (C=O) groups excluding carboxylic acids is 2. The first-order valence-electron chi connectivity index (χ1n) is 9.52. The van der Waals surface area contributed by atoms with Crippen LogP contribution >= 0.6 is 22.9 Å². The van der Waals surface area contributed by atoms with Gasteiger partial charge in [0.15, 0.2) is 0 Å². The van der Waals surface area contributed by atoms with Crippen LogP contribution in [0.15, 0.2) is 66.7 Å². The molecule has 162 valence electrons. The van der Waals surface area contributed by atoms with E-state index < -0.39 is 5.97 Å². The van der Waals surface area contributed by atoms with Crippen molar-refractivity contribution < 1.29 is 23.8 Å². The summed E-state index contributed by atoms with van der Waals surface area (Å²) in [5.74, 6) is 0.815. The van der Waals surface area contributed by atoms with Crippen molar-refractivity contribution in [2.24, 2.45) is 0 Å². The van der Waals surface area contributed by atoms with Gasteiger partial charge >= 0.3 is 5.97 Å². The summed E-state index contributed by atoms with van der Waals surface area (Å²) in [4.78, 5) is 25.4. The predicted octanol–water partition coefficient (Wildman–Crippen LogP) is 6.04. The van der Waals surface area contributed by atoms with Crippen LogP contribution in [0.4, 0.5) is 5.69 Å². The van der Waals surface area contributed by atoms with Crippen LogP contribution in [-0.4, -0.2) is 26.1 Å². The molecule has 0 aliphatic heterocycles. The Hall–Kier alpha value is -3.55. The molecule has 0 fully saturated rings. The van der Waals surface area contributed by atoms with Gasteiger partial charge in [0.1, 0.15) is 22.1 Å². The fourth-order valence-corrected chi connectivity index (χ4v) is 4.37. The number of anilines is 1. The Kier molecular flexibility index (Phi) is 6.30. The lowest BCUT2D eigenvalue weighted by atomic mass is 10.2. The highest BCUT2D eigenvalue weighted by Crippen LogP contribution is 2.37. The van der Waals surface area contributed by atoms with Crippen molar-refractivity contribution in [2.45, 2.75) is 0 Å². The monoisotopic (exact) mass is 467 g/mol. The number of fused-ring (bicyclic) bond motifs is 1. The number of hydrogen-bond donors (Lipinski definition) is 1. The zero-order chi connectivity index (χ0) is 22.7. The first kappa shape index (κ1) is 21.7. The van der Waals surface area contributed by atoms with Gasteiger partial charge < -0.3 is 19.5 Å². The van der Waals surface area contributed by atoms with Crippen LogP contribution in [0.25, 0.3) is 10.1 Å². The van der Waals surface area contributed by atoms with Crippen molar-refractivity contribution in [3.63, 3.8) is 0 Å².